The first-order chi connectivity index (χ1) is 7.59. The third-order valence-corrected chi connectivity index (χ3v) is 3.84. The molecule has 82 valence electrons. The molecule has 0 N–H and O–H groups in total. The Hall–Kier alpha value is -0.580. The first-order valence-corrected chi connectivity index (χ1v) is 6.28. The largest absolute Gasteiger partial charge is 0.460 e. The van der Waals surface area contributed by atoms with Crippen molar-refractivity contribution in [1.82, 2.24) is 0 Å². The van der Waals surface area contributed by atoms with Crippen LogP contribution >= 0.6 is 43.5 Å². The zero-order valence-electron chi connectivity index (χ0n) is 7.84. The molecule has 2 rings (SSSR count). The summed E-state index contributed by atoms with van der Waals surface area (Å²) >= 11 is 12.4. The monoisotopic (exact) mass is 362 g/mol. The molecule has 5 heteroatoms. The van der Waals surface area contributed by atoms with Crippen LogP contribution in [0.15, 0.2) is 43.9 Å². The van der Waals surface area contributed by atoms with Crippen molar-refractivity contribution in [3.8, 4) is 0 Å². The normalized spacial score (nSPS) is 10.4. The summed E-state index contributed by atoms with van der Waals surface area (Å²) in [4.78, 5) is 12.0. The maximum Gasteiger partial charge on any atom is 0.229 e. The minimum absolute atomic E-state index is 0.186. The smallest absolute Gasteiger partial charge is 0.229 e. The molecule has 0 bridgehead atoms. The number of benzene rings is 1. The summed E-state index contributed by atoms with van der Waals surface area (Å²) in [6.07, 6.45) is 1.46. The Balaban J connectivity index is 2.42. The molecule has 1 heterocycles. The van der Waals surface area contributed by atoms with Gasteiger partial charge in [0.15, 0.2) is 5.76 Å². The van der Waals surface area contributed by atoms with Gasteiger partial charge >= 0.3 is 0 Å². The van der Waals surface area contributed by atoms with Gasteiger partial charge < -0.3 is 4.42 Å². The van der Waals surface area contributed by atoms with Crippen LogP contribution in [0.3, 0.4) is 0 Å². The standard InChI is InChI=1S/C11H5Br2ClO2/c12-7-3-4-16-11(7)10(15)6-1-2-9(14)8(13)5-6/h1-5H. The molecule has 0 atom stereocenters. The quantitative estimate of drug-likeness (QED) is 0.724. The molecule has 0 amide bonds. The van der Waals surface area contributed by atoms with Gasteiger partial charge in [-0.2, -0.15) is 0 Å². The second kappa shape index (κ2) is 4.73. The van der Waals surface area contributed by atoms with E-state index in [0.29, 0.717) is 19.5 Å². The summed E-state index contributed by atoms with van der Waals surface area (Å²) in [5.74, 6) is 0.100. The fourth-order valence-electron chi connectivity index (χ4n) is 1.22. The van der Waals surface area contributed by atoms with E-state index in [1.807, 2.05) is 0 Å². The van der Waals surface area contributed by atoms with Crippen molar-refractivity contribution in [3.63, 3.8) is 0 Å². The highest BCUT2D eigenvalue weighted by Gasteiger charge is 2.16. The van der Waals surface area contributed by atoms with Crippen LogP contribution < -0.4 is 0 Å². The Bertz CT molecular complexity index is 549. The molecule has 1 aromatic carbocycles. The first-order valence-electron chi connectivity index (χ1n) is 4.32. The second-order valence-corrected chi connectivity index (χ2v) is 5.17. The van der Waals surface area contributed by atoms with Gasteiger partial charge in [-0.25, -0.2) is 0 Å². The van der Waals surface area contributed by atoms with E-state index in [9.17, 15) is 4.79 Å². The molecule has 0 aliphatic heterocycles. The average molecular weight is 364 g/mol. The van der Waals surface area contributed by atoms with Gasteiger partial charge in [-0.1, -0.05) is 11.6 Å². The van der Waals surface area contributed by atoms with Crippen molar-refractivity contribution in [2.75, 3.05) is 0 Å². The van der Waals surface area contributed by atoms with E-state index in [0.717, 1.165) is 0 Å². The van der Waals surface area contributed by atoms with Gasteiger partial charge in [-0.3, -0.25) is 4.79 Å². The zero-order valence-corrected chi connectivity index (χ0v) is 11.8. The van der Waals surface area contributed by atoms with E-state index in [4.69, 9.17) is 16.0 Å². The first kappa shape index (κ1) is 11.9. The highest BCUT2D eigenvalue weighted by Crippen LogP contribution is 2.26. The fourth-order valence-corrected chi connectivity index (χ4v) is 2.10. The molecule has 0 saturated heterocycles. The summed E-state index contributed by atoms with van der Waals surface area (Å²) in [7, 11) is 0. The lowest BCUT2D eigenvalue weighted by Crippen LogP contribution is -2.00. The van der Waals surface area contributed by atoms with E-state index >= 15 is 0 Å². The SMILES string of the molecule is O=C(c1ccc(Cl)c(Br)c1)c1occc1Br. The van der Waals surface area contributed by atoms with Crippen molar-refractivity contribution in [2.45, 2.75) is 0 Å². The molecule has 0 radical (unpaired) electrons. The summed E-state index contributed by atoms with van der Waals surface area (Å²) in [5.41, 5.74) is 0.520. The molecule has 0 spiro atoms. The summed E-state index contributed by atoms with van der Waals surface area (Å²) in [6, 6.07) is 6.66. The molecular weight excluding hydrogens is 359 g/mol. The highest BCUT2D eigenvalue weighted by atomic mass is 79.9. The minimum Gasteiger partial charge on any atom is -0.460 e. The number of ketones is 1. The Kier molecular flexibility index (Phi) is 3.52. The van der Waals surface area contributed by atoms with Crippen LogP contribution in [0.1, 0.15) is 16.1 Å². The lowest BCUT2D eigenvalue weighted by molar-refractivity contribution is 0.101. The molecule has 0 fully saturated rings. The van der Waals surface area contributed by atoms with Crippen LogP contribution in [0.5, 0.6) is 0 Å². The van der Waals surface area contributed by atoms with Crippen LogP contribution in [0.4, 0.5) is 0 Å². The van der Waals surface area contributed by atoms with Crippen LogP contribution in [-0.4, -0.2) is 5.78 Å². The zero-order chi connectivity index (χ0) is 11.7. The van der Waals surface area contributed by atoms with Gasteiger partial charge in [0.25, 0.3) is 0 Å². The van der Waals surface area contributed by atoms with Crippen LogP contribution in [0.25, 0.3) is 0 Å². The van der Waals surface area contributed by atoms with Gasteiger partial charge in [-0.15, -0.1) is 0 Å². The van der Waals surface area contributed by atoms with E-state index in [1.165, 1.54) is 6.26 Å². The van der Waals surface area contributed by atoms with Crippen molar-refractivity contribution < 1.29 is 9.21 Å². The number of hydrogen-bond acceptors (Lipinski definition) is 2. The van der Waals surface area contributed by atoms with Gasteiger partial charge in [0.2, 0.25) is 5.78 Å². The molecular formula is C11H5Br2ClO2. The lowest BCUT2D eigenvalue weighted by atomic mass is 10.1. The van der Waals surface area contributed by atoms with Crippen molar-refractivity contribution >= 4 is 49.2 Å². The second-order valence-electron chi connectivity index (χ2n) is 3.06. The Morgan fingerprint density at radius 3 is 2.50 bits per heavy atom. The number of furan rings is 1. The topological polar surface area (TPSA) is 30.2 Å². The van der Waals surface area contributed by atoms with E-state index in [2.05, 4.69) is 31.9 Å². The number of carbonyl (C=O) groups is 1. The van der Waals surface area contributed by atoms with Crippen LogP contribution in [-0.2, 0) is 0 Å². The maximum atomic E-state index is 12.0. The number of hydrogen-bond donors (Lipinski definition) is 0. The van der Waals surface area contributed by atoms with E-state index < -0.39 is 0 Å². The maximum absolute atomic E-state index is 12.0. The summed E-state index contributed by atoms with van der Waals surface area (Å²) in [5, 5.41) is 0.565. The van der Waals surface area contributed by atoms with Gasteiger partial charge in [0.05, 0.1) is 15.8 Å². The average Bonchev–Trinajstić information content (AvgIpc) is 2.67. The molecule has 0 aliphatic carbocycles. The molecule has 2 aromatic rings. The Morgan fingerprint density at radius 1 is 1.19 bits per heavy atom. The Labute approximate surface area is 114 Å². The lowest BCUT2D eigenvalue weighted by Gasteiger charge is -2.01. The van der Waals surface area contributed by atoms with E-state index in [-0.39, 0.29) is 11.5 Å². The van der Waals surface area contributed by atoms with Gasteiger partial charge in [-0.05, 0) is 56.1 Å². The highest BCUT2D eigenvalue weighted by molar-refractivity contribution is 9.10. The summed E-state index contributed by atoms with van der Waals surface area (Å²) in [6.45, 7) is 0. The number of halogens is 3. The predicted octanol–water partition coefficient (Wildman–Crippen LogP) is 4.69. The molecule has 0 aliphatic rings. The molecule has 16 heavy (non-hydrogen) atoms. The fraction of sp³-hybridized carbons (Fsp3) is 0. The van der Waals surface area contributed by atoms with Gasteiger partial charge in [0, 0.05) is 10.0 Å². The van der Waals surface area contributed by atoms with Crippen molar-refractivity contribution in [3.05, 3.63) is 55.8 Å². The Morgan fingerprint density at radius 2 is 1.94 bits per heavy atom. The van der Waals surface area contributed by atoms with E-state index in [1.54, 1.807) is 24.3 Å². The van der Waals surface area contributed by atoms with Crippen molar-refractivity contribution in [2.24, 2.45) is 0 Å². The number of carbonyl (C=O) groups excluding carboxylic acids is 1. The van der Waals surface area contributed by atoms with Gasteiger partial charge in [0.1, 0.15) is 0 Å². The predicted molar refractivity (Wildman–Crippen MR) is 69.0 cm³/mol. The molecule has 1 aromatic heterocycles. The molecule has 0 saturated carbocycles. The van der Waals surface area contributed by atoms with Crippen LogP contribution in [0, 0.1) is 0 Å². The third-order valence-electron chi connectivity index (χ3n) is 2.01. The minimum atomic E-state index is -0.186. The molecule has 2 nitrogen and oxygen atoms in total. The molecule has 0 unspecified atom stereocenters. The van der Waals surface area contributed by atoms with Crippen molar-refractivity contribution in [1.29, 1.82) is 0 Å². The third kappa shape index (κ3) is 2.24. The number of rotatable bonds is 2. The van der Waals surface area contributed by atoms with Crippen LogP contribution in [0.2, 0.25) is 5.02 Å². The summed E-state index contributed by atoms with van der Waals surface area (Å²) < 4.78 is 6.43.